The largest absolute Gasteiger partial charge is 0.469 e. The van der Waals surface area contributed by atoms with Crippen molar-refractivity contribution >= 4 is 11.8 Å². The first-order chi connectivity index (χ1) is 8.12. The summed E-state index contributed by atoms with van der Waals surface area (Å²) in [5.41, 5.74) is 3.01. The Bertz CT molecular complexity index is 421. The van der Waals surface area contributed by atoms with Crippen LogP contribution >= 0.6 is 0 Å². The fourth-order valence-corrected chi connectivity index (χ4v) is 1.78. The van der Waals surface area contributed by atoms with Crippen LogP contribution in [-0.2, 0) is 22.4 Å². The number of rotatable bonds is 5. The van der Waals surface area contributed by atoms with E-state index in [2.05, 4.69) is 18.6 Å². The number of esters is 1. The molecule has 0 bridgehead atoms. The maximum absolute atomic E-state index is 11.8. The van der Waals surface area contributed by atoms with E-state index in [4.69, 9.17) is 0 Å². The molecule has 0 unspecified atom stereocenters. The van der Waals surface area contributed by atoms with E-state index in [0.717, 1.165) is 12.8 Å². The van der Waals surface area contributed by atoms with Gasteiger partial charge in [-0.1, -0.05) is 26.0 Å². The van der Waals surface area contributed by atoms with Gasteiger partial charge in [0.1, 0.15) is 6.42 Å². The van der Waals surface area contributed by atoms with E-state index in [0.29, 0.717) is 5.56 Å². The highest BCUT2D eigenvalue weighted by Crippen LogP contribution is 2.15. The summed E-state index contributed by atoms with van der Waals surface area (Å²) < 4.78 is 4.48. The number of hydrogen-bond donors (Lipinski definition) is 0. The van der Waals surface area contributed by atoms with Crippen molar-refractivity contribution in [3.8, 4) is 0 Å². The van der Waals surface area contributed by atoms with Gasteiger partial charge in [-0.2, -0.15) is 0 Å². The maximum Gasteiger partial charge on any atom is 0.313 e. The van der Waals surface area contributed by atoms with Crippen LogP contribution in [0, 0.1) is 0 Å². The van der Waals surface area contributed by atoms with Crippen LogP contribution < -0.4 is 0 Å². The average Bonchev–Trinajstić information content (AvgIpc) is 2.37. The molecule has 1 rings (SSSR count). The number of carbonyl (C=O) groups is 2. The summed E-state index contributed by atoms with van der Waals surface area (Å²) in [6, 6.07) is 5.62. The number of aryl methyl sites for hydroxylation is 2. The highest BCUT2D eigenvalue weighted by molar-refractivity contribution is 6.06. The Hall–Kier alpha value is -1.64. The zero-order valence-corrected chi connectivity index (χ0v) is 10.6. The molecule has 1 aromatic rings. The third-order valence-corrected chi connectivity index (χ3v) is 2.82. The highest BCUT2D eigenvalue weighted by atomic mass is 16.5. The van der Waals surface area contributed by atoms with Gasteiger partial charge in [0, 0.05) is 5.56 Å². The van der Waals surface area contributed by atoms with Crippen LogP contribution in [0.15, 0.2) is 18.2 Å². The van der Waals surface area contributed by atoms with E-state index in [1.54, 1.807) is 6.07 Å². The Labute approximate surface area is 102 Å². The van der Waals surface area contributed by atoms with Gasteiger partial charge in [-0.3, -0.25) is 9.59 Å². The number of hydrogen-bond acceptors (Lipinski definition) is 3. The summed E-state index contributed by atoms with van der Waals surface area (Å²) in [7, 11) is 1.28. The molecule has 0 saturated heterocycles. The second kappa shape index (κ2) is 6.18. The molecule has 92 valence electrons. The van der Waals surface area contributed by atoms with Gasteiger partial charge in [0.25, 0.3) is 0 Å². The van der Waals surface area contributed by atoms with Gasteiger partial charge in [0.15, 0.2) is 5.78 Å². The van der Waals surface area contributed by atoms with Crippen molar-refractivity contribution < 1.29 is 14.3 Å². The Morgan fingerprint density at radius 1 is 1.12 bits per heavy atom. The standard InChI is InChI=1S/C14H18O3/c1-4-10-6-7-12(8-11(10)5-2)13(15)9-14(16)17-3/h6-8H,4-5,9H2,1-3H3. The van der Waals surface area contributed by atoms with Gasteiger partial charge in [-0.25, -0.2) is 0 Å². The van der Waals surface area contributed by atoms with Crippen LogP contribution in [0.25, 0.3) is 0 Å². The molecule has 3 heteroatoms. The lowest BCUT2D eigenvalue weighted by Gasteiger charge is -2.08. The third-order valence-electron chi connectivity index (χ3n) is 2.82. The van der Waals surface area contributed by atoms with E-state index in [-0.39, 0.29) is 12.2 Å². The number of benzene rings is 1. The van der Waals surface area contributed by atoms with Crippen LogP contribution in [0.4, 0.5) is 0 Å². The summed E-state index contributed by atoms with van der Waals surface area (Å²) in [5, 5.41) is 0. The first-order valence-electron chi connectivity index (χ1n) is 5.84. The van der Waals surface area contributed by atoms with E-state index >= 15 is 0 Å². The second-order valence-corrected chi connectivity index (χ2v) is 3.87. The molecule has 17 heavy (non-hydrogen) atoms. The van der Waals surface area contributed by atoms with Crippen LogP contribution in [0.3, 0.4) is 0 Å². The fourth-order valence-electron chi connectivity index (χ4n) is 1.78. The topological polar surface area (TPSA) is 43.4 Å². The summed E-state index contributed by atoms with van der Waals surface area (Å²) in [4.78, 5) is 22.8. The fraction of sp³-hybridized carbons (Fsp3) is 0.429. The SMILES string of the molecule is CCc1ccc(C(=O)CC(=O)OC)cc1CC. The molecular formula is C14H18O3. The first kappa shape index (κ1) is 13.4. The molecule has 1 aromatic carbocycles. The minimum absolute atomic E-state index is 0.186. The molecular weight excluding hydrogens is 216 g/mol. The lowest BCUT2D eigenvalue weighted by Crippen LogP contribution is -2.10. The molecule has 0 aliphatic carbocycles. The van der Waals surface area contributed by atoms with Gasteiger partial charge in [0.05, 0.1) is 7.11 Å². The Morgan fingerprint density at radius 3 is 2.29 bits per heavy atom. The number of Topliss-reactive ketones (excluding diaryl/α,β-unsaturated/α-hetero) is 1. The van der Waals surface area contributed by atoms with Crippen molar-refractivity contribution in [2.24, 2.45) is 0 Å². The van der Waals surface area contributed by atoms with Gasteiger partial charge in [-0.15, -0.1) is 0 Å². The van der Waals surface area contributed by atoms with Gasteiger partial charge in [-0.05, 0) is 30.0 Å². The molecule has 0 aliphatic heterocycles. The van der Waals surface area contributed by atoms with Crippen molar-refractivity contribution in [2.45, 2.75) is 33.1 Å². The quantitative estimate of drug-likeness (QED) is 0.447. The molecule has 0 spiro atoms. The number of ether oxygens (including phenoxy) is 1. The summed E-state index contributed by atoms with van der Waals surface area (Å²) >= 11 is 0. The van der Waals surface area contributed by atoms with Crippen LogP contribution in [0.5, 0.6) is 0 Å². The smallest absolute Gasteiger partial charge is 0.313 e. The molecule has 0 N–H and O–H groups in total. The molecule has 0 heterocycles. The monoisotopic (exact) mass is 234 g/mol. The first-order valence-corrected chi connectivity index (χ1v) is 5.84. The van der Waals surface area contributed by atoms with Gasteiger partial charge < -0.3 is 4.74 Å². The van der Waals surface area contributed by atoms with Gasteiger partial charge in [0.2, 0.25) is 0 Å². The van der Waals surface area contributed by atoms with Crippen LogP contribution in [0.2, 0.25) is 0 Å². The molecule has 0 aromatic heterocycles. The summed E-state index contributed by atoms with van der Waals surface area (Å²) in [5.74, 6) is -0.679. The predicted molar refractivity (Wildman–Crippen MR) is 66.2 cm³/mol. The Kier molecular flexibility index (Phi) is 4.88. The van der Waals surface area contributed by atoms with Crippen molar-refractivity contribution in [1.82, 2.24) is 0 Å². The molecule has 3 nitrogen and oxygen atoms in total. The second-order valence-electron chi connectivity index (χ2n) is 3.87. The van der Waals surface area contributed by atoms with Crippen LogP contribution in [0.1, 0.15) is 41.8 Å². The molecule has 0 fully saturated rings. The highest BCUT2D eigenvalue weighted by Gasteiger charge is 2.13. The molecule has 0 amide bonds. The van der Waals surface area contributed by atoms with Crippen LogP contribution in [-0.4, -0.2) is 18.9 Å². The van der Waals surface area contributed by atoms with Crippen molar-refractivity contribution in [1.29, 1.82) is 0 Å². The van der Waals surface area contributed by atoms with E-state index < -0.39 is 5.97 Å². The predicted octanol–water partition coefficient (Wildman–Crippen LogP) is 2.56. The van der Waals surface area contributed by atoms with E-state index in [1.165, 1.54) is 18.2 Å². The van der Waals surface area contributed by atoms with Crippen molar-refractivity contribution in [3.63, 3.8) is 0 Å². The third kappa shape index (κ3) is 3.41. The summed E-state index contributed by atoms with van der Waals surface area (Å²) in [6.45, 7) is 4.15. The Morgan fingerprint density at radius 2 is 1.76 bits per heavy atom. The number of ketones is 1. The minimum atomic E-state index is -0.493. The van der Waals surface area contributed by atoms with E-state index in [9.17, 15) is 9.59 Å². The zero-order valence-electron chi connectivity index (χ0n) is 10.6. The minimum Gasteiger partial charge on any atom is -0.469 e. The molecule has 0 atom stereocenters. The summed E-state index contributed by atoms with van der Waals surface area (Å²) in [6.07, 6.45) is 1.66. The van der Waals surface area contributed by atoms with Gasteiger partial charge >= 0.3 is 5.97 Å². The van der Waals surface area contributed by atoms with Crippen molar-refractivity contribution in [2.75, 3.05) is 7.11 Å². The van der Waals surface area contributed by atoms with Crippen molar-refractivity contribution in [3.05, 3.63) is 34.9 Å². The molecule has 0 saturated carbocycles. The maximum atomic E-state index is 11.8. The van der Waals surface area contributed by atoms with E-state index in [1.807, 2.05) is 12.1 Å². The molecule has 0 radical (unpaired) electrons. The average molecular weight is 234 g/mol. The lowest BCUT2D eigenvalue weighted by atomic mass is 9.97. The number of carbonyl (C=O) groups excluding carboxylic acids is 2. The lowest BCUT2D eigenvalue weighted by molar-refractivity contribution is -0.139. The zero-order chi connectivity index (χ0) is 12.8. The Balaban J connectivity index is 2.92. The number of methoxy groups -OCH3 is 1. The molecule has 0 aliphatic rings. The normalized spacial score (nSPS) is 10.1.